The van der Waals surface area contributed by atoms with E-state index in [1.165, 1.54) is 0 Å². The third-order valence-electron chi connectivity index (χ3n) is 1.10. The van der Waals surface area contributed by atoms with E-state index in [-0.39, 0.29) is 6.54 Å². The van der Waals surface area contributed by atoms with Crippen LogP contribution in [0, 0.1) is 0 Å². The van der Waals surface area contributed by atoms with Gasteiger partial charge in [-0.05, 0) is 20.3 Å². The summed E-state index contributed by atoms with van der Waals surface area (Å²) in [7, 11) is -3.11. The van der Waals surface area contributed by atoms with Crippen molar-refractivity contribution in [1.29, 1.82) is 0 Å². The first-order valence-corrected chi connectivity index (χ1v) is 5.27. The Hall–Kier alpha value is -0.130. The van der Waals surface area contributed by atoms with Crippen molar-refractivity contribution in [3.63, 3.8) is 0 Å². The van der Waals surface area contributed by atoms with Crippen molar-refractivity contribution in [2.75, 3.05) is 12.8 Å². The first-order chi connectivity index (χ1) is 4.71. The molecular formula is C6H15NO3S. The van der Waals surface area contributed by atoms with Crippen LogP contribution in [-0.2, 0) is 10.0 Å². The highest BCUT2D eigenvalue weighted by molar-refractivity contribution is 7.88. The Morgan fingerprint density at radius 3 is 2.18 bits per heavy atom. The largest absolute Gasteiger partial charge is 0.390 e. The quantitative estimate of drug-likeness (QED) is 0.625. The van der Waals surface area contributed by atoms with Crippen LogP contribution >= 0.6 is 0 Å². The van der Waals surface area contributed by atoms with Crippen molar-refractivity contribution in [2.24, 2.45) is 0 Å². The number of hydrogen-bond donors (Lipinski definition) is 2. The van der Waals surface area contributed by atoms with Gasteiger partial charge in [-0.25, -0.2) is 13.1 Å². The molecule has 0 aromatic rings. The summed E-state index contributed by atoms with van der Waals surface area (Å²) in [6.45, 7) is 3.55. The highest BCUT2D eigenvalue weighted by atomic mass is 32.2. The molecule has 0 aliphatic rings. The molecule has 0 aliphatic heterocycles. The number of nitrogens with one attached hydrogen (secondary N) is 1. The lowest BCUT2D eigenvalue weighted by molar-refractivity contribution is 0.0728. The zero-order chi connectivity index (χ0) is 9.12. The van der Waals surface area contributed by atoms with Crippen LogP contribution < -0.4 is 4.72 Å². The molecule has 0 aromatic carbocycles. The number of sulfonamides is 1. The summed E-state index contributed by atoms with van der Waals surface area (Å²) in [6, 6.07) is 0. The predicted molar refractivity (Wildman–Crippen MR) is 43.8 cm³/mol. The van der Waals surface area contributed by atoms with Gasteiger partial charge in [0.2, 0.25) is 10.0 Å². The minimum Gasteiger partial charge on any atom is -0.390 e. The zero-order valence-electron chi connectivity index (χ0n) is 7.09. The monoisotopic (exact) mass is 181 g/mol. The fourth-order valence-electron chi connectivity index (χ4n) is 0.542. The van der Waals surface area contributed by atoms with Gasteiger partial charge in [0.1, 0.15) is 0 Å². The van der Waals surface area contributed by atoms with Gasteiger partial charge in [-0.15, -0.1) is 0 Å². The topological polar surface area (TPSA) is 66.4 Å². The maximum Gasteiger partial charge on any atom is 0.208 e. The Kier molecular flexibility index (Phi) is 3.47. The molecule has 0 saturated heterocycles. The molecule has 0 bridgehead atoms. The molecule has 0 amide bonds. The molecule has 0 saturated carbocycles. The van der Waals surface area contributed by atoms with Gasteiger partial charge < -0.3 is 5.11 Å². The van der Waals surface area contributed by atoms with Crippen LogP contribution in [0.25, 0.3) is 0 Å². The zero-order valence-corrected chi connectivity index (χ0v) is 7.90. The molecule has 0 spiro atoms. The van der Waals surface area contributed by atoms with Crippen molar-refractivity contribution in [3.8, 4) is 0 Å². The van der Waals surface area contributed by atoms with E-state index in [2.05, 4.69) is 4.72 Å². The van der Waals surface area contributed by atoms with Crippen molar-refractivity contribution in [1.82, 2.24) is 4.72 Å². The van der Waals surface area contributed by atoms with Crippen molar-refractivity contribution in [3.05, 3.63) is 0 Å². The molecule has 5 heteroatoms. The van der Waals surface area contributed by atoms with Crippen LogP contribution in [-0.4, -0.2) is 31.9 Å². The second-order valence-electron chi connectivity index (χ2n) is 3.23. The lowest BCUT2D eigenvalue weighted by Gasteiger charge is -2.16. The van der Waals surface area contributed by atoms with Crippen LogP contribution in [0.2, 0.25) is 0 Å². The SMILES string of the molecule is CC(C)(O)CCNS(C)(=O)=O. The highest BCUT2D eigenvalue weighted by Crippen LogP contribution is 2.04. The maximum atomic E-state index is 10.5. The number of hydrogen-bond acceptors (Lipinski definition) is 3. The summed E-state index contributed by atoms with van der Waals surface area (Å²) in [6.07, 6.45) is 1.51. The molecule has 0 aromatic heterocycles. The lowest BCUT2D eigenvalue weighted by atomic mass is 10.1. The summed E-state index contributed by atoms with van der Waals surface area (Å²) in [5, 5.41) is 9.18. The molecule has 0 unspecified atom stereocenters. The third-order valence-corrected chi connectivity index (χ3v) is 1.83. The summed E-state index contributed by atoms with van der Waals surface area (Å²) in [4.78, 5) is 0. The molecule has 2 N–H and O–H groups in total. The van der Waals surface area contributed by atoms with Crippen LogP contribution in [0.15, 0.2) is 0 Å². The van der Waals surface area contributed by atoms with E-state index in [0.29, 0.717) is 6.42 Å². The number of rotatable bonds is 4. The maximum absolute atomic E-state index is 10.5. The van der Waals surface area contributed by atoms with Gasteiger partial charge >= 0.3 is 0 Å². The van der Waals surface area contributed by atoms with E-state index in [4.69, 9.17) is 0 Å². The minimum absolute atomic E-state index is 0.280. The molecule has 11 heavy (non-hydrogen) atoms. The van der Waals surface area contributed by atoms with Crippen LogP contribution in [0.3, 0.4) is 0 Å². The third kappa shape index (κ3) is 9.87. The van der Waals surface area contributed by atoms with Gasteiger partial charge in [-0.3, -0.25) is 0 Å². The van der Waals surface area contributed by atoms with Crippen LogP contribution in [0.4, 0.5) is 0 Å². The average molecular weight is 181 g/mol. The van der Waals surface area contributed by atoms with Gasteiger partial charge in [-0.2, -0.15) is 0 Å². The van der Waals surface area contributed by atoms with E-state index >= 15 is 0 Å². The summed E-state index contributed by atoms with van der Waals surface area (Å²) >= 11 is 0. The Labute approximate surface area is 67.7 Å². The summed E-state index contributed by atoms with van der Waals surface area (Å²) in [5.74, 6) is 0. The lowest BCUT2D eigenvalue weighted by Crippen LogP contribution is -2.29. The molecule has 0 atom stereocenters. The van der Waals surface area contributed by atoms with E-state index in [1.54, 1.807) is 13.8 Å². The van der Waals surface area contributed by atoms with Crippen molar-refractivity contribution in [2.45, 2.75) is 25.9 Å². The molecule has 4 nitrogen and oxygen atoms in total. The number of aliphatic hydroxyl groups is 1. The molecular weight excluding hydrogens is 166 g/mol. The molecule has 0 heterocycles. The van der Waals surface area contributed by atoms with Crippen molar-refractivity contribution >= 4 is 10.0 Å². The second-order valence-corrected chi connectivity index (χ2v) is 5.06. The van der Waals surface area contributed by atoms with Gasteiger partial charge in [0.05, 0.1) is 11.9 Å². The normalized spacial score (nSPS) is 13.5. The minimum atomic E-state index is -3.11. The summed E-state index contributed by atoms with van der Waals surface area (Å²) < 4.78 is 23.3. The fourth-order valence-corrected chi connectivity index (χ4v) is 1.02. The first kappa shape index (κ1) is 10.9. The molecule has 68 valence electrons. The van der Waals surface area contributed by atoms with Gasteiger partial charge in [0.25, 0.3) is 0 Å². The second kappa shape index (κ2) is 3.51. The first-order valence-electron chi connectivity index (χ1n) is 3.38. The van der Waals surface area contributed by atoms with E-state index in [9.17, 15) is 13.5 Å². The summed E-state index contributed by atoms with van der Waals surface area (Å²) in [5.41, 5.74) is -0.808. The average Bonchev–Trinajstić information content (AvgIpc) is 1.55. The molecule has 0 radical (unpaired) electrons. The Morgan fingerprint density at radius 1 is 1.45 bits per heavy atom. The Bertz CT molecular complexity index is 202. The standard InChI is InChI=1S/C6H15NO3S/c1-6(2,8)4-5-7-11(3,9)10/h7-8H,4-5H2,1-3H3. The molecule has 0 rings (SSSR count). The van der Waals surface area contributed by atoms with Gasteiger partial charge in [0, 0.05) is 6.54 Å². The molecule has 0 aliphatic carbocycles. The van der Waals surface area contributed by atoms with Gasteiger partial charge in [0.15, 0.2) is 0 Å². The van der Waals surface area contributed by atoms with Crippen molar-refractivity contribution < 1.29 is 13.5 Å². The van der Waals surface area contributed by atoms with Crippen LogP contribution in [0.5, 0.6) is 0 Å². The van der Waals surface area contributed by atoms with Gasteiger partial charge in [-0.1, -0.05) is 0 Å². The molecule has 0 fully saturated rings. The predicted octanol–water partition coefficient (Wildman–Crippen LogP) is -0.303. The Balaban J connectivity index is 3.61. The van der Waals surface area contributed by atoms with E-state index in [1.807, 2.05) is 0 Å². The van der Waals surface area contributed by atoms with E-state index in [0.717, 1.165) is 6.26 Å². The van der Waals surface area contributed by atoms with E-state index < -0.39 is 15.6 Å². The smallest absolute Gasteiger partial charge is 0.208 e. The Morgan fingerprint density at radius 2 is 1.91 bits per heavy atom. The highest BCUT2D eigenvalue weighted by Gasteiger charge is 2.12. The van der Waals surface area contributed by atoms with Crippen LogP contribution in [0.1, 0.15) is 20.3 Å². The fraction of sp³-hybridized carbons (Fsp3) is 1.00.